The molecular formula is C67H102N10O20. The molecule has 7 heterocycles. The Bertz CT molecular complexity index is 2920. The number of carbonyl (C=O) groups excluding carboxylic acids is 4. The fourth-order valence-corrected chi connectivity index (χ4v) is 11.4. The van der Waals surface area contributed by atoms with Gasteiger partial charge >= 0.3 is 0 Å². The van der Waals surface area contributed by atoms with Crippen LogP contribution in [-0.2, 0) is 102 Å². The van der Waals surface area contributed by atoms with Gasteiger partial charge in [-0.05, 0) is 52.4 Å². The zero-order chi connectivity index (χ0) is 68.6. The predicted octanol–water partition coefficient (Wildman–Crippen LogP) is 1.97. The summed E-state index contributed by atoms with van der Waals surface area (Å²) in [6.07, 6.45) is 5.07. The zero-order valence-corrected chi connectivity index (χ0v) is 56.6. The molecule has 5 aliphatic heterocycles. The van der Waals surface area contributed by atoms with E-state index >= 15 is 0 Å². The number of hydrogen-bond acceptors (Lipinski definition) is 26. The van der Waals surface area contributed by atoms with Gasteiger partial charge in [-0.15, -0.1) is 10.2 Å². The summed E-state index contributed by atoms with van der Waals surface area (Å²) in [6, 6.07) is 17.9. The monoisotopic (exact) mass is 1370 g/mol. The van der Waals surface area contributed by atoms with Crippen LogP contribution in [0.3, 0.4) is 0 Å². The number of aromatic nitrogens is 6. The molecule has 5 aliphatic rings. The number of aliphatic hydroxyl groups excluding tert-OH is 2. The van der Waals surface area contributed by atoms with Crippen LogP contribution < -0.4 is 21.3 Å². The van der Waals surface area contributed by atoms with E-state index in [1.807, 2.05) is 44.3 Å². The number of amides is 2. The van der Waals surface area contributed by atoms with Crippen LogP contribution >= 0.6 is 0 Å². The molecule has 97 heavy (non-hydrogen) atoms. The van der Waals surface area contributed by atoms with Crippen LogP contribution in [0.1, 0.15) is 98.3 Å². The molecule has 4 bridgehead atoms. The third kappa shape index (κ3) is 25.4. The molecule has 5 fully saturated rings. The highest BCUT2D eigenvalue weighted by Crippen LogP contribution is 2.49. The van der Waals surface area contributed by atoms with Crippen LogP contribution in [0.5, 0.6) is 0 Å². The van der Waals surface area contributed by atoms with Crippen molar-refractivity contribution in [1.82, 2.24) is 51.3 Å². The van der Waals surface area contributed by atoms with Crippen molar-refractivity contribution in [3.8, 4) is 0 Å². The van der Waals surface area contributed by atoms with Crippen molar-refractivity contribution in [2.45, 2.75) is 147 Å². The minimum atomic E-state index is -1.08. The molecule has 10 atom stereocenters. The lowest BCUT2D eigenvalue weighted by molar-refractivity contribution is -0.240. The molecule has 30 heteroatoms. The maximum absolute atomic E-state index is 12.0. The molecule has 0 radical (unpaired) electrons. The van der Waals surface area contributed by atoms with Gasteiger partial charge in [0.05, 0.1) is 104 Å². The summed E-state index contributed by atoms with van der Waals surface area (Å²) in [5.41, 5.74) is 0.922. The Morgan fingerprint density at radius 3 is 1.35 bits per heavy atom. The van der Waals surface area contributed by atoms with Gasteiger partial charge < -0.3 is 97.8 Å². The molecule has 6 N–H and O–H groups in total. The van der Waals surface area contributed by atoms with Gasteiger partial charge in [-0.25, -0.2) is 9.36 Å². The quantitative estimate of drug-likeness (QED) is 0.0272. The Kier molecular flexibility index (Phi) is 32.7. The van der Waals surface area contributed by atoms with Crippen LogP contribution in [0.2, 0.25) is 0 Å². The highest BCUT2D eigenvalue weighted by molar-refractivity contribution is 5.98. The molecule has 2 aromatic carbocycles. The third-order valence-corrected chi connectivity index (χ3v) is 16.6. The average Bonchev–Trinajstić information content (AvgIpc) is 1.57. The number of fused-ring (bicyclic) bond motifs is 6. The smallest absolute Gasteiger partial charge is 0.234 e. The van der Waals surface area contributed by atoms with E-state index in [2.05, 4.69) is 48.8 Å². The number of nitrogens with zero attached hydrogens (tertiary/aromatic N) is 6. The molecule has 4 aromatic rings. The van der Waals surface area contributed by atoms with E-state index in [0.717, 1.165) is 44.2 Å². The second kappa shape index (κ2) is 41.1. The Morgan fingerprint density at radius 1 is 0.505 bits per heavy atom. The summed E-state index contributed by atoms with van der Waals surface area (Å²) >= 11 is 0. The second-order valence-electron chi connectivity index (χ2n) is 25.1. The fourth-order valence-electron chi connectivity index (χ4n) is 11.4. The molecule has 9 rings (SSSR count). The van der Waals surface area contributed by atoms with Gasteiger partial charge in [-0.3, -0.25) is 19.2 Å². The van der Waals surface area contributed by atoms with E-state index in [1.54, 1.807) is 58.9 Å². The van der Waals surface area contributed by atoms with Gasteiger partial charge in [-0.2, -0.15) is 0 Å². The topological polar surface area (TPSA) is 347 Å². The average molecular weight is 1370 g/mol. The van der Waals surface area contributed by atoms with E-state index in [-0.39, 0.29) is 93.0 Å². The van der Waals surface area contributed by atoms with Crippen LogP contribution in [0, 0.1) is 11.8 Å². The predicted molar refractivity (Wildman–Crippen MR) is 347 cm³/mol. The maximum Gasteiger partial charge on any atom is 0.234 e. The second-order valence-corrected chi connectivity index (χ2v) is 25.1. The van der Waals surface area contributed by atoms with Crippen LogP contribution in [0.15, 0.2) is 73.1 Å². The van der Waals surface area contributed by atoms with Gasteiger partial charge in [0.25, 0.3) is 0 Å². The molecule has 2 amide bonds. The highest BCUT2D eigenvalue weighted by atomic mass is 16.8. The summed E-state index contributed by atoms with van der Waals surface area (Å²) < 4.78 is 84.7. The first-order valence-electron chi connectivity index (χ1n) is 33.9. The Labute approximate surface area is 567 Å². The molecule has 0 aliphatic carbocycles. The summed E-state index contributed by atoms with van der Waals surface area (Å²) in [4.78, 5) is 47.8. The summed E-state index contributed by atoms with van der Waals surface area (Å²) in [6.45, 7) is 18.7. The van der Waals surface area contributed by atoms with E-state index < -0.39 is 35.5 Å². The molecule has 30 nitrogen and oxygen atoms in total. The number of rotatable bonds is 48. The van der Waals surface area contributed by atoms with Gasteiger partial charge in [0.1, 0.15) is 34.8 Å². The van der Waals surface area contributed by atoms with Gasteiger partial charge in [0.15, 0.2) is 29.9 Å². The SMILES string of the molecule is C[C@H]1[C@H]2OC[C@](Cn3cc(COCCCOCCCOCCCOCCNC(=O)CNCC(=O)c4ccccc4)nn3)(O2)[C@@H]2OC(C)(C)O[C@H]12.C[C@H]1[C@H]2OC[C@](Cn3cc(COCCCOCCCOCCCOCCNC(=O)CNCC(=O)c4ccccc4)nn3)(O2)[C@H](O)[C@@H]1O. The lowest BCUT2D eigenvalue weighted by Gasteiger charge is -2.41. The minimum Gasteiger partial charge on any atom is -0.390 e. The normalized spacial score (nSPS) is 24.4. The van der Waals surface area contributed by atoms with E-state index in [0.29, 0.717) is 149 Å². The minimum absolute atomic E-state index is 0.0496. The molecule has 0 unspecified atom stereocenters. The first kappa shape index (κ1) is 77.0. The summed E-state index contributed by atoms with van der Waals surface area (Å²) in [5, 5.41) is 49.0. The number of nitrogens with one attached hydrogen (secondary N) is 4. The standard InChI is InChI=1S/C35H53N5O10.C32H49N5O10/c1-26-31-32(49-34(2,3)48-31)35(25-47-33(26)50-35)24-40-22-28(38-39-40)23-46-18-9-16-44-14-7-13-43-15-8-17-45-19-12-37-30(42)21-36-20-29(41)27-10-5-4-6-11-27;1-24-29(40)30(41)32(23-46-31(24)47-32)22-37-20-26(35-36-37)21-45-16-7-14-43-12-5-11-42-13-6-15-44-17-10-34-28(39)19-33-18-27(38)25-8-3-2-4-9-25/h4-6,10-11,22,26,31-33,36H,7-9,12-21,23-25H2,1-3H3,(H,37,42);2-4,8-9,20,24,29-31,33,40-41H,5-7,10-19,21-23H2,1H3,(H,34,39)/t26-,31-,32-,33+,35+;24-,29-,30-,31+,32+/m11/s1. The van der Waals surface area contributed by atoms with Crippen molar-refractivity contribution < 1.29 is 95.7 Å². The van der Waals surface area contributed by atoms with Crippen molar-refractivity contribution in [3.63, 3.8) is 0 Å². The summed E-state index contributed by atoms with van der Waals surface area (Å²) in [5.74, 6) is -1.36. The number of aliphatic hydroxyl groups is 2. The highest BCUT2D eigenvalue weighted by Gasteiger charge is 2.65. The summed E-state index contributed by atoms with van der Waals surface area (Å²) in [7, 11) is 0. The fraction of sp³-hybridized carbons (Fsp3) is 0.701. The van der Waals surface area contributed by atoms with E-state index in [4.69, 9.17) is 66.3 Å². The Balaban J connectivity index is 0.000000248. The zero-order valence-electron chi connectivity index (χ0n) is 56.6. The molecule has 0 saturated carbocycles. The van der Waals surface area contributed by atoms with Crippen LogP contribution in [0.4, 0.5) is 0 Å². The molecular weight excluding hydrogens is 1260 g/mol. The molecule has 2 aromatic heterocycles. The molecule has 0 spiro atoms. The van der Waals surface area contributed by atoms with Crippen LogP contribution in [-0.4, -0.2) is 263 Å². The number of benzene rings is 2. The number of Topliss-reactive ketones (excluding diaryl/α,β-unsaturated/α-hetero) is 2. The number of carbonyl (C=O) groups is 4. The van der Waals surface area contributed by atoms with Gasteiger partial charge in [0.2, 0.25) is 11.8 Å². The number of ketones is 2. The van der Waals surface area contributed by atoms with Crippen LogP contribution in [0.25, 0.3) is 0 Å². The van der Waals surface area contributed by atoms with Gasteiger partial charge in [-0.1, -0.05) is 84.9 Å². The molecule has 540 valence electrons. The van der Waals surface area contributed by atoms with Crippen molar-refractivity contribution in [2.24, 2.45) is 11.8 Å². The van der Waals surface area contributed by atoms with Crippen molar-refractivity contribution in [1.29, 1.82) is 0 Å². The van der Waals surface area contributed by atoms with Crippen molar-refractivity contribution >= 4 is 23.4 Å². The van der Waals surface area contributed by atoms with Gasteiger partial charge in [0, 0.05) is 115 Å². The first-order valence-corrected chi connectivity index (χ1v) is 33.9. The van der Waals surface area contributed by atoms with Crippen molar-refractivity contribution in [3.05, 3.63) is 95.6 Å². The molecule has 5 saturated heterocycles. The number of hydrogen-bond donors (Lipinski definition) is 6. The van der Waals surface area contributed by atoms with E-state index in [1.165, 1.54) is 0 Å². The Morgan fingerprint density at radius 2 is 0.897 bits per heavy atom. The Hall–Kier alpha value is -5.72. The van der Waals surface area contributed by atoms with Crippen molar-refractivity contribution in [2.75, 3.05) is 145 Å². The first-order chi connectivity index (χ1) is 47.1. The lowest BCUT2D eigenvalue weighted by Crippen LogP contribution is -2.59. The lowest BCUT2D eigenvalue weighted by atomic mass is 9.85. The largest absolute Gasteiger partial charge is 0.390 e. The third-order valence-electron chi connectivity index (χ3n) is 16.6. The number of ether oxygens (including phenoxy) is 14. The maximum atomic E-state index is 12.0. The van der Waals surface area contributed by atoms with E-state index in [9.17, 15) is 29.4 Å².